The van der Waals surface area contributed by atoms with Crippen molar-refractivity contribution in [2.75, 3.05) is 0 Å². The summed E-state index contributed by atoms with van der Waals surface area (Å²) in [7, 11) is 0. The zero-order valence-corrected chi connectivity index (χ0v) is 12.5. The highest BCUT2D eigenvalue weighted by atomic mass is 32.1. The molecule has 2 heteroatoms. The molecule has 96 valence electrons. The average Bonchev–Trinajstić information content (AvgIpc) is 2.99. The van der Waals surface area contributed by atoms with Gasteiger partial charge in [0.2, 0.25) is 0 Å². The molecule has 0 spiro atoms. The van der Waals surface area contributed by atoms with E-state index in [1.807, 2.05) is 34.8 Å². The van der Waals surface area contributed by atoms with Gasteiger partial charge in [-0.05, 0) is 22.9 Å². The van der Waals surface area contributed by atoms with Gasteiger partial charge in [-0.25, -0.2) is 0 Å². The van der Waals surface area contributed by atoms with Gasteiger partial charge >= 0.3 is 0 Å². The fourth-order valence-corrected chi connectivity index (χ4v) is 5.30. The molecule has 2 aromatic carbocycles. The van der Waals surface area contributed by atoms with Gasteiger partial charge in [0.25, 0.3) is 0 Å². The Hall–Kier alpha value is -1.90. The first kappa shape index (κ1) is 11.9. The van der Waals surface area contributed by atoms with Crippen molar-refractivity contribution < 1.29 is 0 Å². The third kappa shape index (κ3) is 1.52. The SMILES string of the molecule is C=Cc1sc2c(sc3cc4ccccc4cc32)c1C=C. The molecule has 0 fully saturated rings. The van der Waals surface area contributed by atoms with Crippen LogP contribution in [-0.4, -0.2) is 0 Å². The van der Waals surface area contributed by atoms with Crippen LogP contribution < -0.4 is 0 Å². The van der Waals surface area contributed by atoms with E-state index in [2.05, 4.69) is 49.6 Å². The zero-order valence-electron chi connectivity index (χ0n) is 10.8. The van der Waals surface area contributed by atoms with Gasteiger partial charge in [-0.2, -0.15) is 0 Å². The summed E-state index contributed by atoms with van der Waals surface area (Å²) in [5.74, 6) is 0. The lowest BCUT2D eigenvalue weighted by Gasteiger charge is -1.97. The Kier molecular flexibility index (Phi) is 2.56. The first-order chi connectivity index (χ1) is 9.81. The van der Waals surface area contributed by atoms with Crippen LogP contribution in [-0.2, 0) is 0 Å². The molecule has 0 N–H and O–H groups in total. The van der Waals surface area contributed by atoms with Crippen LogP contribution in [0.3, 0.4) is 0 Å². The summed E-state index contributed by atoms with van der Waals surface area (Å²) >= 11 is 3.67. The predicted octanol–water partition coefficient (Wildman–Crippen LogP) is 6.56. The lowest BCUT2D eigenvalue weighted by molar-refractivity contribution is 1.82. The quantitative estimate of drug-likeness (QED) is 0.392. The van der Waals surface area contributed by atoms with Crippen molar-refractivity contribution in [1.29, 1.82) is 0 Å². The Morgan fingerprint density at radius 1 is 0.850 bits per heavy atom. The second-order valence-electron chi connectivity index (χ2n) is 4.74. The standard InChI is InChI=1S/C18H12S2/c1-3-13-15(4-2)19-18-14-9-11-7-5-6-8-12(11)10-16(14)20-17(13)18/h3-10H,1-2H2. The van der Waals surface area contributed by atoms with Gasteiger partial charge in [0, 0.05) is 20.5 Å². The molecule has 0 nitrogen and oxygen atoms in total. The monoisotopic (exact) mass is 292 g/mol. The van der Waals surface area contributed by atoms with Crippen molar-refractivity contribution in [3.8, 4) is 0 Å². The Balaban J connectivity index is 2.21. The van der Waals surface area contributed by atoms with Crippen LogP contribution in [0.5, 0.6) is 0 Å². The molecule has 0 atom stereocenters. The summed E-state index contributed by atoms with van der Waals surface area (Å²) in [6.07, 6.45) is 3.88. The zero-order chi connectivity index (χ0) is 13.7. The van der Waals surface area contributed by atoms with Crippen molar-refractivity contribution in [3.05, 3.63) is 60.0 Å². The normalized spacial score (nSPS) is 11.4. The molecule has 0 aliphatic carbocycles. The Labute approximate surface area is 125 Å². The number of hydrogen-bond acceptors (Lipinski definition) is 2. The van der Waals surface area contributed by atoms with Crippen LogP contribution in [0.15, 0.2) is 49.6 Å². The predicted molar refractivity (Wildman–Crippen MR) is 94.9 cm³/mol. The van der Waals surface area contributed by atoms with E-state index in [-0.39, 0.29) is 0 Å². The molecule has 2 aromatic heterocycles. The summed E-state index contributed by atoms with van der Waals surface area (Å²) in [6, 6.07) is 13.1. The first-order valence-electron chi connectivity index (χ1n) is 6.44. The smallest absolute Gasteiger partial charge is 0.0542 e. The third-order valence-electron chi connectivity index (χ3n) is 3.62. The molecule has 0 bridgehead atoms. The van der Waals surface area contributed by atoms with Gasteiger partial charge in [0.05, 0.1) is 9.40 Å². The summed E-state index contributed by atoms with van der Waals surface area (Å²) < 4.78 is 4.05. The lowest BCUT2D eigenvalue weighted by atomic mass is 10.1. The highest BCUT2D eigenvalue weighted by Gasteiger charge is 2.14. The summed E-state index contributed by atoms with van der Waals surface area (Å²) in [6.45, 7) is 7.86. The number of hydrogen-bond donors (Lipinski definition) is 0. The number of thiophene rings is 2. The van der Waals surface area contributed by atoms with Gasteiger partial charge in [0.15, 0.2) is 0 Å². The molecule has 0 aliphatic heterocycles. The minimum absolute atomic E-state index is 1.22. The molecule has 20 heavy (non-hydrogen) atoms. The van der Waals surface area contributed by atoms with Crippen molar-refractivity contribution in [3.63, 3.8) is 0 Å². The van der Waals surface area contributed by atoms with E-state index in [0.29, 0.717) is 0 Å². The van der Waals surface area contributed by atoms with Crippen molar-refractivity contribution in [2.45, 2.75) is 0 Å². The van der Waals surface area contributed by atoms with E-state index in [9.17, 15) is 0 Å². The largest absolute Gasteiger partial charge is 0.134 e. The van der Waals surface area contributed by atoms with Crippen LogP contribution in [0, 0.1) is 0 Å². The molecular formula is C18H12S2. The Bertz CT molecular complexity index is 983. The molecule has 0 radical (unpaired) electrons. The minimum atomic E-state index is 1.22. The van der Waals surface area contributed by atoms with Crippen LogP contribution >= 0.6 is 22.7 Å². The summed E-state index contributed by atoms with van der Waals surface area (Å²) in [5.41, 5.74) is 1.23. The maximum Gasteiger partial charge on any atom is 0.0542 e. The first-order valence-corrected chi connectivity index (χ1v) is 8.08. The topological polar surface area (TPSA) is 0 Å². The molecule has 0 saturated carbocycles. The van der Waals surface area contributed by atoms with Crippen LogP contribution in [0.2, 0.25) is 0 Å². The molecule has 0 aliphatic rings. The maximum atomic E-state index is 3.95. The van der Waals surface area contributed by atoms with Crippen LogP contribution in [0.25, 0.3) is 42.4 Å². The Morgan fingerprint density at radius 3 is 2.30 bits per heavy atom. The average molecular weight is 292 g/mol. The molecule has 0 unspecified atom stereocenters. The number of benzene rings is 2. The van der Waals surface area contributed by atoms with Gasteiger partial charge < -0.3 is 0 Å². The molecule has 0 saturated heterocycles. The second-order valence-corrected chi connectivity index (χ2v) is 6.85. The molecule has 2 heterocycles. The lowest BCUT2D eigenvalue weighted by Crippen LogP contribution is -1.70. The van der Waals surface area contributed by atoms with Gasteiger partial charge in [-0.3, -0.25) is 0 Å². The minimum Gasteiger partial charge on any atom is -0.134 e. The van der Waals surface area contributed by atoms with Crippen molar-refractivity contribution in [2.24, 2.45) is 0 Å². The van der Waals surface area contributed by atoms with Crippen molar-refractivity contribution >= 4 is 65.1 Å². The molecule has 0 amide bonds. The van der Waals surface area contributed by atoms with E-state index in [4.69, 9.17) is 0 Å². The maximum absolute atomic E-state index is 3.95. The van der Waals surface area contributed by atoms with E-state index < -0.39 is 0 Å². The summed E-state index contributed by atoms with van der Waals surface area (Å²) in [5, 5.41) is 3.95. The highest BCUT2D eigenvalue weighted by molar-refractivity contribution is 7.33. The summed E-state index contributed by atoms with van der Waals surface area (Å²) in [4.78, 5) is 1.22. The third-order valence-corrected chi connectivity index (χ3v) is 6.17. The number of fused-ring (bicyclic) bond motifs is 4. The second kappa shape index (κ2) is 4.30. The van der Waals surface area contributed by atoms with Crippen LogP contribution in [0.1, 0.15) is 10.4 Å². The van der Waals surface area contributed by atoms with Crippen LogP contribution in [0.4, 0.5) is 0 Å². The van der Waals surface area contributed by atoms with E-state index in [0.717, 1.165) is 0 Å². The van der Waals surface area contributed by atoms with Gasteiger partial charge in [0.1, 0.15) is 0 Å². The highest BCUT2D eigenvalue weighted by Crippen LogP contribution is 2.44. The van der Waals surface area contributed by atoms with E-state index >= 15 is 0 Å². The number of rotatable bonds is 2. The molecular weight excluding hydrogens is 280 g/mol. The molecule has 4 aromatic rings. The van der Waals surface area contributed by atoms with Gasteiger partial charge in [-0.15, -0.1) is 22.7 Å². The Morgan fingerprint density at radius 2 is 1.60 bits per heavy atom. The van der Waals surface area contributed by atoms with Crippen molar-refractivity contribution in [1.82, 2.24) is 0 Å². The fraction of sp³-hybridized carbons (Fsp3) is 0. The van der Waals surface area contributed by atoms with E-state index in [1.165, 1.54) is 40.7 Å². The fourth-order valence-electron chi connectivity index (χ4n) is 2.66. The van der Waals surface area contributed by atoms with Gasteiger partial charge in [-0.1, -0.05) is 49.6 Å². The molecule has 4 rings (SSSR count). The van der Waals surface area contributed by atoms with E-state index in [1.54, 1.807) is 0 Å².